The molecule has 108 valence electrons. The van der Waals surface area contributed by atoms with Crippen molar-refractivity contribution in [3.63, 3.8) is 0 Å². The Hall–Kier alpha value is -2.04. The molecular weight excluding hydrogens is 256 g/mol. The van der Waals surface area contributed by atoms with Gasteiger partial charge < -0.3 is 15.0 Å². The predicted molar refractivity (Wildman–Crippen MR) is 75.6 cm³/mol. The highest BCUT2D eigenvalue weighted by Gasteiger charge is 2.19. The predicted octanol–water partition coefficient (Wildman–Crippen LogP) is 1.03. The lowest BCUT2D eigenvalue weighted by molar-refractivity contribution is -0.136. The van der Waals surface area contributed by atoms with E-state index < -0.39 is 0 Å². The number of ether oxygens (including phenoxy) is 1. The van der Waals surface area contributed by atoms with Gasteiger partial charge in [-0.3, -0.25) is 9.59 Å². The van der Waals surface area contributed by atoms with E-state index in [1.807, 2.05) is 32.0 Å². The van der Waals surface area contributed by atoms with Gasteiger partial charge in [0.05, 0.1) is 6.54 Å². The van der Waals surface area contributed by atoms with Crippen molar-refractivity contribution in [2.24, 2.45) is 0 Å². The third-order valence-electron chi connectivity index (χ3n) is 3.17. The van der Waals surface area contributed by atoms with Gasteiger partial charge in [0.1, 0.15) is 5.75 Å². The molecule has 20 heavy (non-hydrogen) atoms. The molecule has 0 radical (unpaired) electrons. The lowest BCUT2D eigenvalue weighted by Crippen LogP contribution is -2.39. The Morgan fingerprint density at radius 3 is 2.70 bits per heavy atom. The normalized spacial score (nSPS) is 15.5. The summed E-state index contributed by atoms with van der Waals surface area (Å²) >= 11 is 0. The van der Waals surface area contributed by atoms with Crippen LogP contribution in [-0.4, -0.2) is 43.0 Å². The molecule has 0 unspecified atom stereocenters. The number of carbonyl (C=O) groups is 2. The maximum Gasteiger partial charge on any atom is 0.260 e. The van der Waals surface area contributed by atoms with Gasteiger partial charge >= 0.3 is 0 Å². The number of amides is 2. The van der Waals surface area contributed by atoms with Crippen LogP contribution in [0.4, 0.5) is 0 Å². The highest BCUT2D eigenvalue weighted by molar-refractivity contribution is 5.85. The smallest absolute Gasteiger partial charge is 0.260 e. The van der Waals surface area contributed by atoms with Crippen molar-refractivity contribution >= 4 is 11.8 Å². The van der Waals surface area contributed by atoms with Gasteiger partial charge in [-0.2, -0.15) is 0 Å². The maximum absolute atomic E-state index is 12.1. The molecule has 1 aliphatic heterocycles. The van der Waals surface area contributed by atoms with Gasteiger partial charge in [-0.05, 0) is 43.5 Å². The summed E-state index contributed by atoms with van der Waals surface area (Å²) in [6, 6.07) is 5.85. The second-order valence-electron chi connectivity index (χ2n) is 5.13. The van der Waals surface area contributed by atoms with Gasteiger partial charge in [0.25, 0.3) is 5.91 Å². The maximum atomic E-state index is 12.1. The molecule has 1 N–H and O–H groups in total. The zero-order chi connectivity index (χ0) is 14.5. The van der Waals surface area contributed by atoms with E-state index in [1.165, 1.54) is 0 Å². The van der Waals surface area contributed by atoms with Gasteiger partial charge in [0, 0.05) is 13.1 Å². The Morgan fingerprint density at radius 1 is 1.30 bits per heavy atom. The van der Waals surface area contributed by atoms with Crippen molar-refractivity contribution in [1.29, 1.82) is 0 Å². The van der Waals surface area contributed by atoms with Crippen molar-refractivity contribution in [3.8, 4) is 5.75 Å². The van der Waals surface area contributed by atoms with Crippen LogP contribution in [-0.2, 0) is 9.59 Å². The topological polar surface area (TPSA) is 58.6 Å². The molecule has 5 heteroatoms. The van der Waals surface area contributed by atoms with Crippen LogP contribution in [0.15, 0.2) is 18.2 Å². The summed E-state index contributed by atoms with van der Waals surface area (Å²) in [6.45, 7) is 5.28. The van der Waals surface area contributed by atoms with Gasteiger partial charge in [0.2, 0.25) is 5.91 Å². The summed E-state index contributed by atoms with van der Waals surface area (Å²) in [5, 5.41) is 2.74. The first kappa shape index (κ1) is 14.4. The third kappa shape index (κ3) is 3.98. The van der Waals surface area contributed by atoms with Crippen LogP contribution in [0.25, 0.3) is 0 Å². The van der Waals surface area contributed by atoms with E-state index in [0.29, 0.717) is 18.8 Å². The number of nitrogens with one attached hydrogen (secondary N) is 1. The van der Waals surface area contributed by atoms with Crippen molar-refractivity contribution < 1.29 is 14.3 Å². The molecule has 0 aliphatic carbocycles. The standard InChI is InChI=1S/C15H20N2O3/c1-11-6-12(2)8-13(7-11)20-10-15(19)17-5-3-4-16-14(18)9-17/h6-8H,3-5,9-10H2,1-2H3,(H,16,18). The van der Waals surface area contributed by atoms with E-state index >= 15 is 0 Å². The Balaban J connectivity index is 1.92. The fraction of sp³-hybridized carbons (Fsp3) is 0.467. The Morgan fingerprint density at radius 2 is 2.00 bits per heavy atom. The first-order valence-electron chi connectivity index (χ1n) is 6.80. The van der Waals surface area contributed by atoms with Crippen molar-refractivity contribution in [3.05, 3.63) is 29.3 Å². The molecule has 1 saturated heterocycles. The molecule has 2 rings (SSSR count). The number of hydrogen-bond acceptors (Lipinski definition) is 3. The first-order chi connectivity index (χ1) is 9.54. The lowest BCUT2D eigenvalue weighted by atomic mass is 10.1. The van der Waals surface area contributed by atoms with Crippen LogP contribution in [0.5, 0.6) is 5.75 Å². The molecule has 1 aliphatic rings. The summed E-state index contributed by atoms with van der Waals surface area (Å²) in [6.07, 6.45) is 0.779. The number of benzene rings is 1. The molecular formula is C15H20N2O3. The number of aryl methyl sites for hydroxylation is 2. The van der Waals surface area contributed by atoms with E-state index in [-0.39, 0.29) is 25.0 Å². The molecule has 0 aromatic heterocycles. The monoisotopic (exact) mass is 276 g/mol. The highest BCUT2D eigenvalue weighted by Crippen LogP contribution is 2.16. The van der Waals surface area contributed by atoms with Crippen molar-refractivity contribution in [2.45, 2.75) is 20.3 Å². The minimum Gasteiger partial charge on any atom is -0.484 e. The minimum absolute atomic E-state index is 0.0316. The summed E-state index contributed by atoms with van der Waals surface area (Å²) in [5.41, 5.74) is 2.20. The molecule has 0 saturated carbocycles. The van der Waals surface area contributed by atoms with Crippen molar-refractivity contribution in [1.82, 2.24) is 10.2 Å². The molecule has 5 nitrogen and oxygen atoms in total. The van der Waals surface area contributed by atoms with Crippen LogP contribution in [0, 0.1) is 13.8 Å². The van der Waals surface area contributed by atoms with Gasteiger partial charge in [-0.1, -0.05) is 6.07 Å². The molecule has 1 aromatic rings. The summed E-state index contributed by atoms with van der Waals surface area (Å²) in [4.78, 5) is 25.0. The second-order valence-corrected chi connectivity index (χ2v) is 5.13. The Labute approximate surface area is 118 Å². The second kappa shape index (κ2) is 6.41. The highest BCUT2D eigenvalue weighted by atomic mass is 16.5. The number of hydrogen-bond donors (Lipinski definition) is 1. The average Bonchev–Trinajstić information content (AvgIpc) is 2.59. The van der Waals surface area contributed by atoms with Crippen LogP contribution >= 0.6 is 0 Å². The number of carbonyl (C=O) groups excluding carboxylic acids is 2. The average molecular weight is 276 g/mol. The number of nitrogens with zero attached hydrogens (tertiary/aromatic N) is 1. The molecule has 1 aromatic carbocycles. The molecule has 2 amide bonds. The quantitative estimate of drug-likeness (QED) is 0.897. The summed E-state index contributed by atoms with van der Waals surface area (Å²) < 4.78 is 5.54. The van der Waals surface area contributed by atoms with Gasteiger partial charge in [0.15, 0.2) is 6.61 Å². The lowest BCUT2D eigenvalue weighted by Gasteiger charge is -2.19. The van der Waals surface area contributed by atoms with Gasteiger partial charge in [-0.25, -0.2) is 0 Å². The fourth-order valence-corrected chi connectivity index (χ4v) is 2.27. The van der Waals surface area contributed by atoms with E-state index in [1.54, 1.807) is 4.90 Å². The Kier molecular flexibility index (Phi) is 4.61. The zero-order valence-electron chi connectivity index (χ0n) is 11.9. The largest absolute Gasteiger partial charge is 0.484 e. The summed E-state index contributed by atoms with van der Waals surface area (Å²) in [5.74, 6) is 0.429. The molecule has 1 heterocycles. The van der Waals surface area contributed by atoms with E-state index in [0.717, 1.165) is 17.5 Å². The SMILES string of the molecule is Cc1cc(C)cc(OCC(=O)N2CCCNC(=O)C2)c1. The van der Waals surface area contributed by atoms with E-state index in [9.17, 15) is 9.59 Å². The van der Waals surface area contributed by atoms with Gasteiger partial charge in [-0.15, -0.1) is 0 Å². The third-order valence-corrected chi connectivity index (χ3v) is 3.17. The van der Waals surface area contributed by atoms with Crippen LogP contribution in [0.3, 0.4) is 0 Å². The molecule has 1 fully saturated rings. The summed E-state index contributed by atoms with van der Waals surface area (Å²) in [7, 11) is 0. The van der Waals surface area contributed by atoms with E-state index in [4.69, 9.17) is 4.74 Å². The zero-order valence-corrected chi connectivity index (χ0v) is 11.9. The minimum atomic E-state index is -0.152. The molecule has 0 spiro atoms. The molecule has 0 atom stereocenters. The van der Waals surface area contributed by atoms with Crippen molar-refractivity contribution in [2.75, 3.05) is 26.2 Å². The number of rotatable bonds is 3. The van der Waals surface area contributed by atoms with E-state index in [2.05, 4.69) is 5.32 Å². The van der Waals surface area contributed by atoms with Crippen LogP contribution in [0.1, 0.15) is 17.5 Å². The molecule has 0 bridgehead atoms. The van der Waals surface area contributed by atoms with Crippen LogP contribution < -0.4 is 10.1 Å². The fourth-order valence-electron chi connectivity index (χ4n) is 2.27. The van der Waals surface area contributed by atoms with Crippen LogP contribution in [0.2, 0.25) is 0 Å². The Bertz CT molecular complexity index is 494. The first-order valence-corrected chi connectivity index (χ1v) is 6.80.